The second-order valence-electron chi connectivity index (χ2n) is 6.41. The lowest BCUT2D eigenvalue weighted by Gasteiger charge is -2.40. The number of anilines is 2. The van der Waals surface area contributed by atoms with Crippen molar-refractivity contribution in [1.29, 1.82) is 0 Å². The molecule has 2 aromatic heterocycles. The first kappa shape index (κ1) is 15.3. The van der Waals surface area contributed by atoms with Crippen molar-refractivity contribution in [1.82, 2.24) is 20.5 Å². The number of aryl methyl sites for hydroxylation is 3. The summed E-state index contributed by atoms with van der Waals surface area (Å²) >= 11 is 1.47. The van der Waals surface area contributed by atoms with Crippen molar-refractivity contribution >= 4 is 28.3 Å². The normalized spacial score (nSPS) is 16.6. The summed E-state index contributed by atoms with van der Waals surface area (Å²) in [4.78, 5) is 19.3. The molecule has 126 valence electrons. The summed E-state index contributed by atoms with van der Waals surface area (Å²) in [5, 5.41) is 15.0. The number of nitrogens with zero attached hydrogens (tertiary/aromatic N) is 4. The zero-order chi connectivity index (χ0) is 16.5. The maximum Gasteiger partial charge on any atom is 0.321 e. The van der Waals surface area contributed by atoms with E-state index in [1.54, 1.807) is 6.20 Å². The van der Waals surface area contributed by atoms with Gasteiger partial charge in [-0.1, -0.05) is 0 Å². The number of carbonyl (C=O) groups is 1. The lowest BCUT2D eigenvalue weighted by Crippen LogP contribution is -2.52. The van der Waals surface area contributed by atoms with Crippen molar-refractivity contribution in [3.05, 3.63) is 28.4 Å². The second kappa shape index (κ2) is 6.35. The molecule has 0 spiro atoms. The number of amides is 2. The molecule has 0 aromatic carbocycles. The van der Waals surface area contributed by atoms with Crippen LogP contribution in [0.2, 0.25) is 0 Å². The van der Waals surface area contributed by atoms with E-state index in [1.807, 2.05) is 6.92 Å². The topological polar surface area (TPSA) is 83.0 Å². The molecule has 2 amide bonds. The van der Waals surface area contributed by atoms with E-state index in [2.05, 4.69) is 36.8 Å². The first-order valence-corrected chi connectivity index (χ1v) is 9.07. The first-order chi connectivity index (χ1) is 11.7. The van der Waals surface area contributed by atoms with Crippen LogP contribution in [-0.2, 0) is 12.8 Å². The number of aromatic nitrogens is 3. The van der Waals surface area contributed by atoms with Crippen molar-refractivity contribution in [2.45, 2.75) is 26.2 Å². The molecule has 24 heavy (non-hydrogen) atoms. The molecule has 2 aromatic rings. The highest BCUT2D eigenvalue weighted by molar-refractivity contribution is 7.15. The molecule has 0 radical (unpaired) electrons. The molecule has 1 aliphatic heterocycles. The number of rotatable bonds is 4. The van der Waals surface area contributed by atoms with E-state index in [9.17, 15) is 4.79 Å². The molecular weight excluding hydrogens is 324 g/mol. The van der Waals surface area contributed by atoms with Crippen molar-refractivity contribution in [2.24, 2.45) is 5.92 Å². The minimum Gasteiger partial charge on any atom is -0.354 e. The number of carbonyl (C=O) groups excluding carboxylic acids is 1. The number of urea groups is 1. The van der Waals surface area contributed by atoms with Crippen LogP contribution < -0.4 is 15.5 Å². The lowest BCUT2D eigenvalue weighted by atomic mass is 10.00. The van der Waals surface area contributed by atoms with Gasteiger partial charge in [-0.15, -0.1) is 16.4 Å². The van der Waals surface area contributed by atoms with Crippen molar-refractivity contribution in [3.8, 4) is 0 Å². The molecule has 4 rings (SSSR count). The fourth-order valence-electron chi connectivity index (χ4n) is 3.15. The van der Waals surface area contributed by atoms with E-state index in [1.165, 1.54) is 23.3 Å². The zero-order valence-corrected chi connectivity index (χ0v) is 14.4. The Balaban J connectivity index is 1.22. The van der Waals surface area contributed by atoms with Gasteiger partial charge in [0.15, 0.2) is 10.9 Å². The third-order valence-electron chi connectivity index (χ3n) is 4.48. The molecule has 0 unspecified atom stereocenters. The summed E-state index contributed by atoms with van der Waals surface area (Å²) in [6.07, 6.45) is 5.12. The Morgan fingerprint density at radius 3 is 3.04 bits per heavy atom. The van der Waals surface area contributed by atoms with Gasteiger partial charge in [0.05, 0.1) is 5.69 Å². The van der Waals surface area contributed by atoms with Gasteiger partial charge < -0.3 is 10.2 Å². The van der Waals surface area contributed by atoms with Crippen LogP contribution in [0, 0.1) is 12.8 Å². The zero-order valence-electron chi connectivity index (χ0n) is 13.6. The molecule has 1 saturated heterocycles. The molecule has 1 aliphatic carbocycles. The van der Waals surface area contributed by atoms with Gasteiger partial charge in [-0.25, -0.2) is 9.78 Å². The Labute approximate surface area is 144 Å². The van der Waals surface area contributed by atoms with E-state index < -0.39 is 0 Å². The average molecular weight is 344 g/mol. The van der Waals surface area contributed by atoms with Crippen LogP contribution in [0.15, 0.2) is 12.3 Å². The van der Waals surface area contributed by atoms with Crippen LogP contribution in [0.25, 0.3) is 0 Å². The monoisotopic (exact) mass is 344 g/mol. The highest BCUT2D eigenvalue weighted by Gasteiger charge is 2.29. The Bertz CT molecular complexity index is 755. The van der Waals surface area contributed by atoms with Gasteiger partial charge in [0.1, 0.15) is 0 Å². The number of nitrogens with one attached hydrogen (secondary N) is 2. The third kappa shape index (κ3) is 3.19. The van der Waals surface area contributed by atoms with Gasteiger partial charge in [-0.3, -0.25) is 5.32 Å². The molecule has 2 N–H and O–H groups in total. The molecule has 0 saturated carbocycles. The average Bonchev–Trinajstić information content (AvgIpc) is 3.14. The summed E-state index contributed by atoms with van der Waals surface area (Å²) in [5.74, 6) is 1.42. The van der Waals surface area contributed by atoms with Gasteiger partial charge in [-0.05, 0) is 37.8 Å². The number of fused-ring (bicyclic) bond motifs is 1. The highest BCUT2D eigenvalue weighted by Crippen LogP contribution is 2.26. The standard InChI is InChI=1S/C16H20N6OS/c1-10-6-18-16(24-10)19-15(23)17-7-11-8-22(9-11)14-5-12-3-2-4-13(12)20-21-14/h5-6,11H,2-4,7-9H2,1H3,(H2,17,18,19,23). The third-order valence-corrected chi connectivity index (χ3v) is 5.31. The van der Waals surface area contributed by atoms with E-state index in [0.717, 1.165) is 42.3 Å². The first-order valence-electron chi connectivity index (χ1n) is 8.25. The van der Waals surface area contributed by atoms with Crippen LogP contribution >= 0.6 is 11.3 Å². The smallest absolute Gasteiger partial charge is 0.321 e. The maximum absolute atomic E-state index is 11.9. The minimum atomic E-state index is -0.194. The van der Waals surface area contributed by atoms with Gasteiger partial charge in [0.2, 0.25) is 0 Å². The predicted octanol–water partition coefficient (Wildman–Crippen LogP) is 1.99. The molecule has 3 heterocycles. The van der Waals surface area contributed by atoms with Crippen LogP contribution in [0.3, 0.4) is 0 Å². The van der Waals surface area contributed by atoms with Crippen LogP contribution in [0.1, 0.15) is 22.6 Å². The summed E-state index contributed by atoms with van der Waals surface area (Å²) in [6.45, 7) is 4.44. The lowest BCUT2D eigenvalue weighted by molar-refractivity contribution is 0.248. The predicted molar refractivity (Wildman–Crippen MR) is 93.6 cm³/mol. The quantitative estimate of drug-likeness (QED) is 0.886. The maximum atomic E-state index is 11.9. The summed E-state index contributed by atoms with van der Waals surface area (Å²) in [6, 6.07) is 1.98. The van der Waals surface area contributed by atoms with Gasteiger partial charge >= 0.3 is 6.03 Å². The van der Waals surface area contributed by atoms with Gasteiger partial charge in [0.25, 0.3) is 0 Å². The molecule has 0 atom stereocenters. The SMILES string of the molecule is Cc1cnc(NC(=O)NCC2CN(c3cc4c(nn3)CCC4)C2)s1. The molecule has 0 bridgehead atoms. The largest absolute Gasteiger partial charge is 0.354 e. The van der Waals surface area contributed by atoms with E-state index >= 15 is 0 Å². The van der Waals surface area contributed by atoms with Crippen molar-refractivity contribution in [3.63, 3.8) is 0 Å². The fourth-order valence-corrected chi connectivity index (χ4v) is 3.81. The van der Waals surface area contributed by atoms with Gasteiger partial charge in [-0.2, -0.15) is 5.10 Å². The molecule has 1 fully saturated rings. The molecule has 7 nitrogen and oxygen atoms in total. The number of hydrogen-bond donors (Lipinski definition) is 2. The van der Waals surface area contributed by atoms with Crippen LogP contribution in [0.5, 0.6) is 0 Å². The minimum absolute atomic E-state index is 0.194. The fraction of sp³-hybridized carbons (Fsp3) is 0.500. The van der Waals surface area contributed by atoms with Crippen molar-refractivity contribution < 1.29 is 4.79 Å². The number of thiazole rings is 1. The van der Waals surface area contributed by atoms with Crippen LogP contribution in [-0.4, -0.2) is 40.8 Å². The Morgan fingerprint density at radius 2 is 2.25 bits per heavy atom. The van der Waals surface area contributed by atoms with Crippen LogP contribution in [0.4, 0.5) is 15.7 Å². The summed E-state index contributed by atoms with van der Waals surface area (Å²) < 4.78 is 0. The second-order valence-corrected chi connectivity index (χ2v) is 7.64. The Hall–Kier alpha value is -2.22. The summed E-state index contributed by atoms with van der Waals surface area (Å²) in [7, 11) is 0. The molecular formula is C16H20N6OS. The summed E-state index contributed by atoms with van der Waals surface area (Å²) in [5.41, 5.74) is 2.51. The Kier molecular flexibility index (Phi) is 4.05. The van der Waals surface area contributed by atoms with E-state index in [-0.39, 0.29) is 6.03 Å². The van der Waals surface area contributed by atoms with Gasteiger partial charge in [0, 0.05) is 36.6 Å². The molecule has 2 aliphatic rings. The van der Waals surface area contributed by atoms with E-state index in [4.69, 9.17) is 0 Å². The Morgan fingerprint density at radius 1 is 1.38 bits per heavy atom. The van der Waals surface area contributed by atoms with E-state index in [0.29, 0.717) is 17.6 Å². The van der Waals surface area contributed by atoms with Crippen molar-refractivity contribution in [2.75, 3.05) is 29.9 Å². The number of hydrogen-bond acceptors (Lipinski definition) is 6. The molecule has 8 heteroatoms. The highest BCUT2D eigenvalue weighted by atomic mass is 32.1.